The van der Waals surface area contributed by atoms with Gasteiger partial charge in [-0.1, -0.05) is 188 Å². The lowest BCUT2D eigenvalue weighted by molar-refractivity contribution is -0.271. The van der Waals surface area contributed by atoms with Crippen LogP contribution in [0.1, 0.15) is 59.1 Å². The van der Waals surface area contributed by atoms with Gasteiger partial charge in [0.25, 0.3) is 0 Å². The normalized spacial score (nSPS) is 23.2. The Bertz CT molecular complexity index is 2520. The molecule has 10 unspecified atom stereocenters. The minimum atomic E-state index is -0.649. The van der Waals surface area contributed by atoms with E-state index in [0.717, 1.165) is 33.4 Å². The van der Waals surface area contributed by atoms with E-state index in [0.29, 0.717) is 90.0 Å². The highest BCUT2D eigenvalue weighted by molar-refractivity contribution is 5.33. The van der Waals surface area contributed by atoms with Crippen molar-refractivity contribution in [3.63, 3.8) is 0 Å². The highest BCUT2D eigenvalue weighted by Crippen LogP contribution is 2.35. The molecule has 7 aromatic carbocycles. The zero-order chi connectivity index (χ0) is 53.4. The summed E-state index contributed by atoms with van der Waals surface area (Å²) >= 11 is 0. The van der Waals surface area contributed by atoms with E-state index in [1.807, 2.05) is 206 Å². The van der Waals surface area contributed by atoms with Gasteiger partial charge in [0.15, 0.2) is 0 Å². The van der Waals surface area contributed by atoms with Gasteiger partial charge in [-0.05, 0) is 71.2 Å². The Kier molecular flexibility index (Phi) is 22.3. The van der Waals surface area contributed by atoms with Crippen molar-refractivity contribution in [1.82, 2.24) is 0 Å². The van der Waals surface area contributed by atoms with E-state index in [1.54, 1.807) is 0 Å². The standard InChI is InChI=1S/C66H74O12/c67-41-59-63(73-45-51-26-11-3-12-27-51)65(75-47-53-30-15-5-16-31-53)61(71-43-49-22-7-1-8-23-49)57(77-59)36-20-38-69-55-34-19-35-56(40-55)70-39-21-37-58-62(72-44-50-24-9-2-10-25-50)66(76-48-54-32-17-6-18-33-54)64(60(42-68)78-58)74-46-52-28-13-4-14-29-52/h1-19,22-35,40,57-68H,20-21,36-39,41-48H2. The summed E-state index contributed by atoms with van der Waals surface area (Å²) in [7, 11) is 0. The van der Waals surface area contributed by atoms with E-state index in [2.05, 4.69) is 0 Å². The van der Waals surface area contributed by atoms with Crippen LogP contribution in [-0.4, -0.2) is 97.7 Å². The summed E-state index contributed by atoms with van der Waals surface area (Å²) in [6, 6.07) is 67.8. The molecule has 2 N–H and O–H groups in total. The molecule has 12 nitrogen and oxygen atoms in total. The first-order chi connectivity index (χ1) is 38.6. The monoisotopic (exact) mass is 1060 g/mol. The molecule has 0 saturated carbocycles. The molecule has 0 aliphatic carbocycles. The predicted octanol–water partition coefficient (Wildman–Crippen LogP) is 11.0. The van der Waals surface area contributed by atoms with Crippen LogP contribution in [0.2, 0.25) is 0 Å². The third-order valence-corrected chi connectivity index (χ3v) is 14.1. The summed E-state index contributed by atoms with van der Waals surface area (Å²) in [6.45, 7) is 2.34. The van der Waals surface area contributed by atoms with Crippen LogP contribution >= 0.6 is 0 Å². The minimum Gasteiger partial charge on any atom is -0.493 e. The highest BCUT2D eigenvalue weighted by atomic mass is 16.6. The van der Waals surface area contributed by atoms with Gasteiger partial charge in [0.05, 0.1) is 78.3 Å². The van der Waals surface area contributed by atoms with Gasteiger partial charge >= 0.3 is 0 Å². The topological polar surface area (TPSA) is 133 Å². The molecule has 0 bridgehead atoms. The highest BCUT2D eigenvalue weighted by Gasteiger charge is 2.49. The van der Waals surface area contributed by atoms with Gasteiger partial charge < -0.3 is 57.6 Å². The molecule has 2 saturated heterocycles. The van der Waals surface area contributed by atoms with E-state index in [4.69, 9.17) is 47.4 Å². The van der Waals surface area contributed by atoms with Crippen molar-refractivity contribution in [3.05, 3.63) is 240 Å². The number of hydrogen-bond acceptors (Lipinski definition) is 12. The molecule has 12 heteroatoms. The number of ether oxygens (including phenoxy) is 10. The predicted molar refractivity (Wildman–Crippen MR) is 298 cm³/mol. The van der Waals surface area contributed by atoms with E-state index >= 15 is 0 Å². The van der Waals surface area contributed by atoms with Gasteiger partial charge in [-0.25, -0.2) is 0 Å². The third kappa shape index (κ3) is 16.9. The molecule has 0 aromatic heterocycles. The first kappa shape index (κ1) is 56.5. The first-order valence-electron chi connectivity index (χ1n) is 27.4. The van der Waals surface area contributed by atoms with Crippen molar-refractivity contribution in [3.8, 4) is 11.5 Å². The zero-order valence-electron chi connectivity index (χ0n) is 44.3. The number of benzene rings is 7. The van der Waals surface area contributed by atoms with Gasteiger partial charge in [-0.2, -0.15) is 0 Å². The fourth-order valence-corrected chi connectivity index (χ4v) is 10.1. The maximum absolute atomic E-state index is 10.8. The quantitative estimate of drug-likeness (QED) is 0.0416. The number of rotatable bonds is 30. The lowest BCUT2D eigenvalue weighted by Gasteiger charge is -2.46. The van der Waals surface area contributed by atoms with E-state index < -0.39 is 61.0 Å². The van der Waals surface area contributed by atoms with Crippen molar-refractivity contribution in [2.24, 2.45) is 0 Å². The van der Waals surface area contributed by atoms with E-state index in [9.17, 15) is 10.2 Å². The van der Waals surface area contributed by atoms with E-state index in [1.165, 1.54) is 0 Å². The van der Waals surface area contributed by atoms with Crippen LogP contribution in [0.4, 0.5) is 0 Å². The molecular formula is C66H74O12. The average molecular weight is 1060 g/mol. The van der Waals surface area contributed by atoms with Crippen LogP contribution in [-0.2, 0) is 77.5 Å². The Labute approximate surface area is 459 Å². The third-order valence-electron chi connectivity index (χ3n) is 14.1. The second-order valence-corrected chi connectivity index (χ2v) is 19.8. The van der Waals surface area contributed by atoms with Gasteiger partial charge in [-0.3, -0.25) is 0 Å². The van der Waals surface area contributed by atoms with Crippen LogP contribution < -0.4 is 9.47 Å². The lowest BCUT2D eigenvalue weighted by Crippen LogP contribution is -2.61. The Morgan fingerprint density at radius 3 is 0.821 bits per heavy atom. The zero-order valence-corrected chi connectivity index (χ0v) is 44.3. The molecule has 0 amide bonds. The van der Waals surface area contributed by atoms with Crippen molar-refractivity contribution in [1.29, 1.82) is 0 Å². The first-order valence-corrected chi connectivity index (χ1v) is 27.4. The van der Waals surface area contributed by atoms with Crippen LogP contribution in [0.25, 0.3) is 0 Å². The van der Waals surface area contributed by atoms with Crippen LogP contribution in [0.5, 0.6) is 11.5 Å². The summed E-state index contributed by atoms with van der Waals surface area (Å²) in [6.07, 6.45) is -3.07. The fourth-order valence-electron chi connectivity index (χ4n) is 10.1. The number of hydrogen-bond donors (Lipinski definition) is 2. The summed E-state index contributed by atoms with van der Waals surface area (Å²) in [4.78, 5) is 0. The molecule has 9 rings (SSSR count). The molecule has 2 aliphatic heterocycles. The molecule has 0 radical (unpaired) electrons. The summed E-state index contributed by atoms with van der Waals surface area (Å²) in [5, 5.41) is 21.6. The molecular weight excluding hydrogens is 985 g/mol. The molecule has 0 spiro atoms. The van der Waals surface area contributed by atoms with Gasteiger partial charge in [-0.15, -0.1) is 0 Å². The van der Waals surface area contributed by atoms with Crippen molar-refractivity contribution < 1.29 is 57.6 Å². The number of aliphatic hydroxyl groups excluding tert-OH is 2. The fraction of sp³-hybridized carbons (Fsp3) is 0.364. The minimum absolute atomic E-state index is 0.246. The average Bonchev–Trinajstić information content (AvgIpc) is 3.51. The second kappa shape index (κ2) is 30.8. The summed E-state index contributed by atoms with van der Waals surface area (Å²) < 4.78 is 66.4. The van der Waals surface area contributed by atoms with Crippen molar-refractivity contribution in [2.75, 3.05) is 26.4 Å². The van der Waals surface area contributed by atoms with Crippen LogP contribution in [0, 0.1) is 0 Å². The van der Waals surface area contributed by atoms with Crippen LogP contribution in [0.3, 0.4) is 0 Å². The maximum Gasteiger partial charge on any atom is 0.122 e. The smallest absolute Gasteiger partial charge is 0.122 e. The molecule has 2 fully saturated rings. The Balaban J connectivity index is 0.830. The second-order valence-electron chi connectivity index (χ2n) is 19.8. The Hall–Kier alpha value is -6.26. The molecule has 410 valence electrons. The largest absolute Gasteiger partial charge is 0.493 e. The summed E-state index contributed by atoms with van der Waals surface area (Å²) in [5.74, 6) is 1.35. The Morgan fingerprint density at radius 2 is 0.551 bits per heavy atom. The molecule has 10 atom stereocenters. The molecule has 2 heterocycles. The summed E-state index contributed by atoms with van der Waals surface area (Å²) in [5.41, 5.74) is 6.12. The van der Waals surface area contributed by atoms with Crippen LogP contribution in [0.15, 0.2) is 206 Å². The Morgan fingerprint density at radius 1 is 0.295 bits per heavy atom. The van der Waals surface area contributed by atoms with E-state index in [-0.39, 0.29) is 13.2 Å². The van der Waals surface area contributed by atoms with Gasteiger partial charge in [0, 0.05) is 6.07 Å². The number of aliphatic hydroxyl groups is 2. The molecule has 7 aromatic rings. The lowest BCUT2D eigenvalue weighted by atomic mass is 9.92. The SMILES string of the molecule is OCC1OC(CCCOc2cccc(OCCCC3OC(CO)C(OCc4ccccc4)C(OCc4ccccc4)C3OCc3ccccc3)c2)C(OCc2ccccc2)C(OCc2ccccc2)C1OCc1ccccc1. The van der Waals surface area contributed by atoms with Crippen molar-refractivity contribution in [2.45, 2.75) is 126 Å². The van der Waals surface area contributed by atoms with Gasteiger partial charge in [0.2, 0.25) is 0 Å². The van der Waals surface area contributed by atoms with Gasteiger partial charge in [0.1, 0.15) is 60.3 Å². The molecule has 2 aliphatic rings. The maximum atomic E-state index is 10.8. The molecule has 78 heavy (non-hydrogen) atoms. The van der Waals surface area contributed by atoms with Crippen molar-refractivity contribution >= 4 is 0 Å².